The normalized spacial score (nSPS) is 17.3. The Morgan fingerprint density at radius 2 is 1.71 bits per heavy atom. The van der Waals surface area contributed by atoms with Crippen LogP contribution in [0.1, 0.15) is 31.2 Å². The Bertz CT molecular complexity index is 710. The van der Waals surface area contributed by atoms with Crippen LogP contribution in [-0.4, -0.2) is 60.4 Å². The standard InChI is InChI=1S/C20H28N4O4/c1-15-5-4-6-17(13-15)28-14-18(25)21-22-19(26)16-7-11-24(12-8-16)20(27)23-9-2-3-10-23/h4-6,13,16H,2-3,7-12,14H2,1H3,(H,21,25)(H,22,26). The number of amides is 4. The first kappa shape index (κ1) is 20.0. The fraction of sp³-hybridized carbons (Fsp3) is 0.550. The number of aryl methyl sites for hydroxylation is 1. The number of rotatable bonds is 4. The van der Waals surface area contributed by atoms with Crippen molar-refractivity contribution in [3.05, 3.63) is 29.8 Å². The first-order valence-corrected chi connectivity index (χ1v) is 9.85. The van der Waals surface area contributed by atoms with E-state index < -0.39 is 5.91 Å². The molecule has 2 aliphatic rings. The average molecular weight is 388 g/mol. The molecule has 4 amide bonds. The third kappa shape index (κ3) is 5.37. The van der Waals surface area contributed by atoms with Crippen LogP contribution in [0.2, 0.25) is 0 Å². The van der Waals surface area contributed by atoms with Crippen molar-refractivity contribution >= 4 is 17.8 Å². The molecule has 8 nitrogen and oxygen atoms in total. The summed E-state index contributed by atoms with van der Waals surface area (Å²) in [5.74, 6) is -0.245. The van der Waals surface area contributed by atoms with Gasteiger partial charge in [-0.3, -0.25) is 20.4 Å². The quantitative estimate of drug-likeness (QED) is 0.764. The van der Waals surface area contributed by atoms with Crippen LogP contribution < -0.4 is 15.6 Å². The monoisotopic (exact) mass is 388 g/mol. The number of ether oxygens (including phenoxy) is 1. The summed E-state index contributed by atoms with van der Waals surface area (Å²) in [7, 11) is 0. The highest BCUT2D eigenvalue weighted by Gasteiger charge is 2.30. The van der Waals surface area contributed by atoms with E-state index in [9.17, 15) is 14.4 Å². The van der Waals surface area contributed by atoms with E-state index in [1.165, 1.54) is 0 Å². The molecule has 3 rings (SSSR count). The number of carbonyl (C=O) groups excluding carboxylic acids is 3. The van der Waals surface area contributed by atoms with E-state index >= 15 is 0 Å². The average Bonchev–Trinajstić information content (AvgIpc) is 3.25. The van der Waals surface area contributed by atoms with Crippen molar-refractivity contribution in [3.63, 3.8) is 0 Å². The number of hydrogen-bond donors (Lipinski definition) is 2. The zero-order valence-corrected chi connectivity index (χ0v) is 16.3. The van der Waals surface area contributed by atoms with Gasteiger partial charge in [-0.25, -0.2) is 4.79 Å². The summed E-state index contributed by atoms with van der Waals surface area (Å²) >= 11 is 0. The molecule has 1 aromatic carbocycles. The van der Waals surface area contributed by atoms with Crippen molar-refractivity contribution in [1.29, 1.82) is 0 Å². The number of urea groups is 1. The molecule has 1 aromatic rings. The van der Waals surface area contributed by atoms with Gasteiger partial charge in [-0.2, -0.15) is 0 Å². The van der Waals surface area contributed by atoms with Gasteiger partial charge in [0.1, 0.15) is 5.75 Å². The maximum atomic E-state index is 12.4. The molecule has 0 bridgehead atoms. The second-order valence-electron chi connectivity index (χ2n) is 7.38. The number of carbonyl (C=O) groups is 3. The third-order valence-corrected chi connectivity index (χ3v) is 5.20. The number of piperidine rings is 1. The van der Waals surface area contributed by atoms with E-state index in [0.29, 0.717) is 31.7 Å². The Morgan fingerprint density at radius 3 is 2.39 bits per heavy atom. The summed E-state index contributed by atoms with van der Waals surface area (Å²) in [6, 6.07) is 7.49. The molecule has 2 fully saturated rings. The Hall–Kier alpha value is -2.77. The lowest BCUT2D eigenvalue weighted by Crippen LogP contribution is -2.50. The second kappa shape index (κ2) is 9.43. The van der Waals surface area contributed by atoms with Crippen molar-refractivity contribution in [1.82, 2.24) is 20.7 Å². The van der Waals surface area contributed by atoms with Crippen molar-refractivity contribution in [3.8, 4) is 5.75 Å². The SMILES string of the molecule is Cc1cccc(OCC(=O)NNC(=O)C2CCN(C(=O)N3CCCC3)CC2)c1. The second-order valence-corrected chi connectivity index (χ2v) is 7.38. The van der Waals surface area contributed by atoms with Crippen LogP contribution in [0.4, 0.5) is 4.79 Å². The van der Waals surface area contributed by atoms with Gasteiger partial charge >= 0.3 is 6.03 Å². The van der Waals surface area contributed by atoms with E-state index in [4.69, 9.17) is 4.74 Å². The van der Waals surface area contributed by atoms with Gasteiger partial charge < -0.3 is 14.5 Å². The Kier molecular flexibility index (Phi) is 6.73. The zero-order chi connectivity index (χ0) is 19.9. The highest BCUT2D eigenvalue weighted by atomic mass is 16.5. The molecule has 152 valence electrons. The van der Waals surface area contributed by atoms with Crippen molar-refractivity contribution < 1.29 is 19.1 Å². The molecule has 2 aliphatic heterocycles. The molecule has 0 aromatic heterocycles. The number of nitrogens with one attached hydrogen (secondary N) is 2. The maximum absolute atomic E-state index is 12.4. The maximum Gasteiger partial charge on any atom is 0.319 e. The molecule has 0 radical (unpaired) electrons. The lowest BCUT2D eigenvalue weighted by molar-refractivity contribution is -0.132. The molecule has 8 heteroatoms. The topological polar surface area (TPSA) is 91.0 Å². The molecule has 2 saturated heterocycles. The van der Waals surface area contributed by atoms with Crippen LogP contribution in [-0.2, 0) is 9.59 Å². The lowest BCUT2D eigenvalue weighted by Gasteiger charge is -2.33. The molecule has 2 N–H and O–H groups in total. The molecule has 0 aliphatic carbocycles. The van der Waals surface area contributed by atoms with Crippen LogP contribution >= 0.6 is 0 Å². The first-order valence-electron chi connectivity index (χ1n) is 9.85. The molecule has 0 unspecified atom stereocenters. The predicted molar refractivity (Wildman–Crippen MR) is 103 cm³/mol. The number of likely N-dealkylation sites (tertiary alicyclic amines) is 2. The summed E-state index contributed by atoms with van der Waals surface area (Å²) in [5, 5.41) is 0. The smallest absolute Gasteiger partial charge is 0.319 e. The van der Waals surface area contributed by atoms with Gasteiger partial charge in [0.15, 0.2) is 6.61 Å². The van der Waals surface area contributed by atoms with Crippen LogP contribution in [0.5, 0.6) is 5.75 Å². The van der Waals surface area contributed by atoms with Crippen LogP contribution in [0.25, 0.3) is 0 Å². The molecule has 28 heavy (non-hydrogen) atoms. The highest BCUT2D eigenvalue weighted by molar-refractivity contribution is 5.84. The van der Waals surface area contributed by atoms with Crippen LogP contribution in [0.3, 0.4) is 0 Å². The lowest BCUT2D eigenvalue weighted by atomic mass is 9.96. The van der Waals surface area contributed by atoms with Crippen LogP contribution in [0, 0.1) is 12.8 Å². The predicted octanol–water partition coefficient (Wildman–Crippen LogP) is 1.45. The van der Waals surface area contributed by atoms with Gasteiger partial charge in [0.2, 0.25) is 5.91 Å². The van der Waals surface area contributed by atoms with E-state index in [0.717, 1.165) is 31.5 Å². The minimum Gasteiger partial charge on any atom is -0.484 e. The molecular weight excluding hydrogens is 360 g/mol. The summed E-state index contributed by atoms with van der Waals surface area (Å²) in [6.45, 7) is 4.56. The molecule has 0 saturated carbocycles. The number of nitrogens with zero attached hydrogens (tertiary/aromatic N) is 2. The number of hydrazine groups is 1. The number of benzene rings is 1. The van der Waals surface area contributed by atoms with E-state index in [1.54, 1.807) is 6.07 Å². The fourth-order valence-corrected chi connectivity index (χ4v) is 3.56. The minimum absolute atomic E-state index is 0.0814. The van der Waals surface area contributed by atoms with Crippen molar-refractivity contribution in [2.45, 2.75) is 32.6 Å². The molecular formula is C20H28N4O4. The summed E-state index contributed by atoms with van der Waals surface area (Å²) in [6.07, 6.45) is 3.33. The third-order valence-electron chi connectivity index (χ3n) is 5.20. The zero-order valence-electron chi connectivity index (χ0n) is 16.3. The summed E-state index contributed by atoms with van der Waals surface area (Å²) < 4.78 is 5.40. The molecule has 0 atom stereocenters. The highest BCUT2D eigenvalue weighted by Crippen LogP contribution is 2.20. The van der Waals surface area contributed by atoms with Crippen LogP contribution in [0.15, 0.2) is 24.3 Å². The van der Waals surface area contributed by atoms with Gasteiger partial charge in [0.25, 0.3) is 5.91 Å². The fourth-order valence-electron chi connectivity index (χ4n) is 3.56. The Balaban J connectivity index is 1.35. The van der Waals surface area contributed by atoms with E-state index in [2.05, 4.69) is 10.9 Å². The first-order chi connectivity index (χ1) is 13.5. The molecule has 0 spiro atoms. The minimum atomic E-state index is -0.420. The van der Waals surface area contributed by atoms with Gasteiger partial charge in [0, 0.05) is 32.1 Å². The largest absolute Gasteiger partial charge is 0.484 e. The number of hydrogen-bond acceptors (Lipinski definition) is 4. The summed E-state index contributed by atoms with van der Waals surface area (Å²) in [5.41, 5.74) is 5.90. The van der Waals surface area contributed by atoms with Crippen molar-refractivity contribution in [2.24, 2.45) is 5.92 Å². The van der Waals surface area contributed by atoms with E-state index in [-0.39, 0.29) is 24.5 Å². The Morgan fingerprint density at radius 1 is 1.04 bits per heavy atom. The van der Waals surface area contributed by atoms with E-state index in [1.807, 2.05) is 34.9 Å². The Labute approximate surface area is 165 Å². The van der Waals surface area contributed by atoms with Gasteiger partial charge in [0.05, 0.1) is 0 Å². The molecule has 2 heterocycles. The summed E-state index contributed by atoms with van der Waals surface area (Å²) in [4.78, 5) is 40.2. The van der Waals surface area contributed by atoms with Gasteiger partial charge in [-0.05, 0) is 50.3 Å². The van der Waals surface area contributed by atoms with Gasteiger partial charge in [-0.15, -0.1) is 0 Å². The van der Waals surface area contributed by atoms with Crippen molar-refractivity contribution in [2.75, 3.05) is 32.8 Å². The van der Waals surface area contributed by atoms with Gasteiger partial charge in [-0.1, -0.05) is 12.1 Å².